The van der Waals surface area contributed by atoms with Crippen molar-refractivity contribution in [3.63, 3.8) is 0 Å². The number of morpholine rings is 1. The summed E-state index contributed by atoms with van der Waals surface area (Å²) < 4.78 is 11.1. The fraction of sp³-hybridized carbons (Fsp3) is 0.727. The van der Waals surface area contributed by atoms with E-state index in [1.54, 1.807) is 6.07 Å². The van der Waals surface area contributed by atoms with Gasteiger partial charge in [-0.3, -0.25) is 19.8 Å². The predicted molar refractivity (Wildman–Crippen MR) is 121 cm³/mol. The van der Waals surface area contributed by atoms with E-state index in [-0.39, 0.29) is 29.6 Å². The molecule has 0 spiro atoms. The molecule has 32 heavy (non-hydrogen) atoms. The summed E-state index contributed by atoms with van der Waals surface area (Å²) in [6, 6.07) is 1.82. The van der Waals surface area contributed by atoms with Gasteiger partial charge in [0.05, 0.1) is 24.7 Å². The maximum Gasteiger partial charge on any atom is 0.310 e. The summed E-state index contributed by atoms with van der Waals surface area (Å²) in [5.74, 6) is 0.486. The largest absolute Gasteiger partial charge is 0.478 e. The third-order valence-corrected chi connectivity index (χ3v) is 5.92. The van der Waals surface area contributed by atoms with Gasteiger partial charge in [-0.15, -0.1) is 0 Å². The van der Waals surface area contributed by atoms with E-state index in [9.17, 15) is 14.9 Å². The van der Waals surface area contributed by atoms with E-state index >= 15 is 0 Å². The van der Waals surface area contributed by atoms with Gasteiger partial charge in [0.2, 0.25) is 11.8 Å². The standard InChI is InChI=1S/C22H35N5O5/c1-16(2)24-22(28)17-4-6-18(7-5-17)25-19-14-21(23-15-20(19)27(29)30)32-11-3-8-26-9-12-31-13-10-26/h14-18H,3-13H2,1-2H3,(H,23,25)(H,24,28). The summed E-state index contributed by atoms with van der Waals surface area (Å²) in [5.41, 5.74) is 0.355. The van der Waals surface area contributed by atoms with E-state index < -0.39 is 4.92 Å². The van der Waals surface area contributed by atoms with Crippen molar-refractivity contribution in [2.45, 2.75) is 58.0 Å². The highest BCUT2D eigenvalue weighted by Gasteiger charge is 2.28. The Morgan fingerprint density at radius 2 is 2.03 bits per heavy atom. The number of carbonyl (C=O) groups is 1. The van der Waals surface area contributed by atoms with Gasteiger partial charge in [0.25, 0.3) is 0 Å². The first-order chi connectivity index (χ1) is 15.4. The number of pyridine rings is 1. The number of rotatable bonds is 10. The number of anilines is 1. The van der Waals surface area contributed by atoms with Gasteiger partial charge in [-0.25, -0.2) is 4.98 Å². The maximum atomic E-state index is 12.2. The van der Waals surface area contributed by atoms with Crippen LogP contribution in [0.25, 0.3) is 0 Å². The SMILES string of the molecule is CC(C)NC(=O)C1CCC(Nc2cc(OCCCN3CCOCC3)ncc2[N+](=O)[O-])CC1. The molecular weight excluding hydrogens is 414 g/mol. The maximum absolute atomic E-state index is 12.2. The summed E-state index contributed by atoms with van der Waals surface area (Å²) >= 11 is 0. The smallest absolute Gasteiger partial charge is 0.310 e. The minimum absolute atomic E-state index is 0.00763. The van der Waals surface area contributed by atoms with Crippen LogP contribution in [0.1, 0.15) is 46.0 Å². The number of hydrogen-bond donors (Lipinski definition) is 2. The van der Waals surface area contributed by atoms with E-state index in [1.807, 2.05) is 13.8 Å². The molecule has 178 valence electrons. The molecule has 0 unspecified atom stereocenters. The number of aromatic nitrogens is 1. The highest BCUT2D eigenvalue weighted by Crippen LogP contribution is 2.32. The number of nitrogens with zero attached hydrogens (tertiary/aromatic N) is 3. The first-order valence-corrected chi connectivity index (χ1v) is 11.6. The van der Waals surface area contributed by atoms with Crippen molar-refractivity contribution in [1.82, 2.24) is 15.2 Å². The zero-order chi connectivity index (χ0) is 22.9. The van der Waals surface area contributed by atoms with Crippen molar-refractivity contribution < 1.29 is 19.2 Å². The van der Waals surface area contributed by atoms with E-state index in [4.69, 9.17) is 9.47 Å². The molecule has 2 fully saturated rings. The van der Waals surface area contributed by atoms with Crippen LogP contribution in [0.3, 0.4) is 0 Å². The third kappa shape index (κ3) is 7.30. The Labute approximate surface area is 189 Å². The average molecular weight is 450 g/mol. The molecule has 0 aromatic carbocycles. The molecule has 2 N–H and O–H groups in total. The number of hydrogen-bond acceptors (Lipinski definition) is 8. The zero-order valence-electron chi connectivity index (χ0n) is 19.0. The van der Waals surface area contributed by atoms with Crippen LogP contribution >= 0.6 is 0 Å². The van der Waals surface area contributed by atoms with Gasteiger partial charge >= 0.3 is 5.69 Å². The minimum atomic E-state index is -0.431. The summed E-state index contributed by atoms with van der Waals surface area (Å²) in [6.07, 6.45) is 5.20. The molecule has 0 atom stereocenters. The Kier molecular flexibility index (Phi) is 9.04. The lowest BCUT2D eigenvalue weighted by molar-refractivity contribution is -0.384. The molecular formula is C22H35N5O5. The molecule has 2 aliphatic rings. The highest BCUT2D eigenvalue weighted by atomic mass is 16.6. The lowest BCUT2D eigenvalue weighted by Gasteiger charge is -2.29. The van der Waals surface area contributed by atoms with Gasteiger partial charge in [0, 0.05) is 43.7 Å². The van der Waals surface area contributed by atoms with Crippen LogP contribution in [0.2, 0.25) is 0 Å². The third-order valence-electron chi connectivity index (χ3n) is 5.92. The van der Waals surface area contributed by atoms with E-state index in [0.717, 1.165) is 65.0 Å². The Morgan fingerprint density at radius 1 is 1.31 bits per heavy atom. The van der Waals surface area contributed by atoms with Gasteiger partial charge in [-0.2, -0.15) is 0 Å². The number of amides is 1. The van der Waals surface area contributed by atoms with E-state index in [0.29, 0.717) is 18.2 Å². The predicted octanol–water partition coefficient (Wildman–Crippen LogP) is 2.59. The molecule has 1 saturated carbocycles. The van der Waals surface area contributed by atoms with Gasteiger partial charge < -0.3 is 20.1 Å². The van der Waals surface area contributed by atoms with Crippen LogP contribution in [0, 0.1) is 16.0 Å². The van der Waals surface area contributed by atoms with Crippen LogP contribution < -0.4 is 15.4 Å². The Hall–Kier alpha value is -2.46. The number of ether oxygens (including phenoxy) is 2. The van der Waals surface area contributed by atoms with Gasteiger partial charge in [-0.05, 0) is 46.0 Å². The second-order valence-corrected chi connectivity index (χ2v) is 8.81. The molecule has 10 nitrogen and oxygen atoms in total. The molecule has 1 saturated heterocycles. The van der Waals surface area contributed by atoms with Crippen molar-refractivity contribution in [2.24, 2.45) is 5.92 Å². The first kappa shape index (κ1) is 24.2. The van der Waals surface area contributed by atoms with E-state index in [2.05, 4.69) is 20.5 Å². The molecule has 1 amide bonds. The average Bonchev–Trinajstić information content (AvgIpc) is 2.77. The summed E-state index contributed by atoms with van der Waals surface area (Å²) in [7, 11) is 0. The number of nitro groups is 1. The quantitative estimate of drug-likeness (QED) is 0.318. The van der Waals surface area contributed by atoms with Gasteiger partial charge in [-0.1, -0.05) is 0 Å². The molecule has 2 heterocycles. The van der Waals surface area contributed by atoms with Crippen LogP contribution in [-0.2, 0) is 9.53 Å². The van der Waals surface area contributed by atoms with Crippen molar-refractivity contribution in [1.29, 1.82) is 0 Å². The Morgan fingerprint density at radius 3 is 2.69 bits per heavy atom. The van der Waals surface area contributed by atoms with Crippen molar-refractivity contribution >= 4 is 17.3 Å². The summed E-state index contributed by atoms with van der Waals surface area (Å²) in [4.78, 5) is 29.7. The Balaban J connectivity index is 1.51. The summed E-state index contributed by atoms with van der Waals surface area (Å²) in [6.45, 7) is 8.74. The lowest BCUT2D eigenvalue weighted by atomic mass is 9.85. The molecule has 3 rings (SSSR count). The second-order valence-electron chi connectivity index (χ2n) is 8.81. The molecule has 0 bridgehead atoms. The van der Waals surface area contributed by atoms with Gasteiger partial charge in [0.15, 0.2) is 0 Å². The fourth-order valence-corrected chi connectivity index (χ4v) is 4.18. The Bertz CT molecular complexity index is 761. The van der Waals surface area contributed by atoms with Crippen LogP contribution in [0.5, 0.6) is 5.88 Å². The molecule has 1 aliphatic carbocycles. The second kappa shape index (κ2) is 12.0. The molecule has 10 heteroatoms. The first-order valence-electron chi connectivity index (χ1n) is 11.6. The zero-order valence-corrected chi connectivity index (χ0v) is 19.0. The number of nitrogens with one attached hydrogen (secondary N) is 2. The molecule has 0 radical (unpaired) electrons. The van der Waals surface area contributed by atoms with Crippen LogP contribution in [0.4, 0.5) is 11.4 Å². The van der Waals surface area contributed by atoms with Crippen molar-refractivity contribution in [2.75, 3.05) is 44.8 Å². The topological polar surface area (TPSA) is 119 Å². The molecule has 1 aromatic rings. The lowest BCUT2D eigenvalue weighted by Crippen LogP contribution is -2.38. The molecule has 1 aromatic heterocycles. The van der Waals surface area contributed by atoms with E-state index in [1.165, 1.54) is 6.20 Å². The van der Waals surface area contributed by atoms with Crippen molar-refractivity contribution in [3.05, 3.63) is 22.4 Å². The highest BCUT2D eigenvalue weighted by molar-refractivity contribution is 5.79. The summed E-state index contributed by atoms with van der Waals surface area (Å²) in [5, 5.41) is 17.7. The normalized spacial score (nSPS) is 21.8. The monoisotopic (exact) mass is 449 g/mol. The fourth-order valence-electron chi connectivity index (χ4n) is 4.18. The van der Waals surface area contributed by atoms with Gasteiger partial charge in [0.1, 0.15) is 11.9 Å². The minimum Gasteiger partial charge on any atom is -0.478 e. The number of carbonyl (C=O) groups excluding carboxylic acids is 1. The van der Waals surface area contributed by atoms with Crippen molar-refractivity contribution in [3.8, 4) is 5.88 Å². The molecule has 1 aliphatic heterocycles. The van der Waals surface area contributed by atoms with Crippen LogP contribution in [-0.4, -0.2) is 72.3 Å². The van der Waals surface area contributed by atoms with Crippen LogP contribution in [0.15, 0.2) is 12.3 Å².